The third-order valence-corrected chi connectivity index (χ3v) is 7.14. The SMILES string of the molecule is CCC(c1nc2ccccc2c(=O)n1-c1cccc(C)c1)N(C)C(=O)Nc1c(C(C)C)cccc1C(C)C. The number of benzene rings is 3. The molecule has 1 atom stereocenters. The molecule has 0 aliphatic rings. The quantitative estimate of drug-likeness (QED) is 0.279. The van der Waals surface area contributed by atoms with Crippen LogP contribution in [0.4, 0.5) is 10.5 Å². The summed E-state index contributed by atoms with van der Waals surface area (Å²) < 4.78 is 1.66. The van der Waals surface area contributed by atoms with Gasteiger partial charge in [-0.05, 0) is 66.1 Å². The molecule has 6 nitrogen and oxygen atoms in total. The predicted molar refractivity (Wildman–Crippen MR) is 157 cm³/mol. The molecule has 0 saturated heterocycles. The number of rotatable bonds is 7. The second-order valence-corrected chi connectivity index (χ2v) is 10.6. The fraction of sp³-hybridized carbons (Fsp3) is 0.344. The third-order valence-electron chi connectivity index (χ3n) is 7.14. The van der Waals surface area contributed by atoms with Gasteiger partial charge in [-0.15, -0.1) is 0 Å². The van der Waals surface area contributed by atoms with Gasteiger partial charge < -0.3 is 10.2 Å². The monoisotopic (exact) mass is 510 g/mol. The molecule has 0 aliphatic carbocycles. The minimum absolute atomic E-state index is 0.143. The van der Waals surface area contributed by atoms with Crippen LogP contribution in [0.25, 0.3) is 16.6 Å². The van der Waals surface area contributed by atoms with Gasteiger partial charge in [0.15, 0.2) is 0 Å². The molecule has 4 rings (SSSR count). The summed E-state index contributed by atoms with van der Waals surface area (Å²) in [6.07, 6.45) is 0.587. The fourth-order valence-electron chi connectivity index (χ4n) is 5.05. The molecule has 0 aliphatic heterocycles. The van der Waals surface area contributed by atoms with Crippen LogP contribution < -0.4 is 10.9 Å². The van der Waals surface area contributed by atoms with E-state index in [0.29, 0.717) is 23.1 Å². The lowest BCUT2D eigenvalue weighted by molar-refractivity contribution is 0.199. The van der Waals surface area contributed by atoms with Crippen molar-refractivity contribution in [3.63, 3.8) is 0 Å². The first-order valence-corrected chi connectivity index (χ1v) is 13.4. The van der Waals surface area contributed by atoms with Crippen molar-refractivity contribution in [2.24, 2.45) is 0 Å². The van der Waals surface area contributed by atoms with Crippen molar-refractivity contribution in [2.45, 2.75) is 65.8 Å². The van der Waals surface area contributed by atoms with Gasteiger partial charge in [0.2, 0.25) is 0 Å². The number of urea groups is 1. The van der Waals surface area contributed by atoms with Crippen molar-refractivity contribution in [3.05, 3.63) is 99.6 Å². The Balaban J connectivity index is 1.83. The standard InChI is InChI=1S/C32H38N4O2/c1-8-28(35(7)32(38)34-29-24(20(2)3)16-12-17-25(29)21(4)5)30-33-27-18-10-9-15-26(27)31(37)36(30)23-14-11-13-22(6)19-23/h9-21,28H,8H2,1-7H3,(H,34,38). The van der Waals surface area contributed by atoms with E-state index in [1.54, 1.807) is 22.6 Å². The molecule has 38 heavy (non-hydrogen) atoms. The largest absolute Gasteiger partial charge is 0.322 e. The highest BCUT2D eigenvalue weighted by molar-refractivity contribution is 5.91. The number of fused-ring (bicyclic) bond motifs is 1. The fourth-order valence-corrected chi connectivity index (χ4v) is 5.05. The molecule has 6 heteroatoms. The highest BCUT2D eigenvalue weighted by atomic mass is 16.2. The number of aryl methyl sites for hydroxylation is 1. The Hall–Kier alpha value is -3.93. The molecular formula is C32H38N4O2. The van der Waals surface area contributed by atoms with Crippen molar-refractivity contribution in [1.82, 2.24) is 14.5 Å². The van der Waals surface area contributed by atoms with Crippen molar-refractivity contribution in [3.8, 4) is 5.69 Å². The third kappa shape index (κ3) is 5.21. The Labute approximate surface area is 225 Å². The summed E-state index contributed by atoms with van der Waals surface area (Å²) in [4.78, 5) is 34.2. The summed E-state index contributed by atoms with van der Waals surface area (Å²) in [5, 5.41) is 3.77. The van der Waals surface area contributed by atoms with Crippen molar-refractivity contribution in [1.29, 1.82) is 0 Å². The van der Waals surface area contributed by atoms with Crippen LogP contribution in [-0.4, -0.2) is 27.5 Å². The van der Waals surface area contributed by atoms with Crippen LogP contribution in [0.2, 0.25) is 0 Å². The summed E-state index contributed by atoms with van der Waals surface area (Å²) in [5.41, 5.74) is 5.33. The Morgan fingerprint density at radius 1 is 0.947 bits per heavy atom. The van der Waals surface area contributed by atoms with Gasteiger partial charge in [0.1, 0.15) is 5.82 Å². The number of aromatic nitrogens is 2. The molecule has 3 aromatic carbocycles. The van der Waals surface area contributed by atoms with Crippen LogP contribution >= 0.6 is 0 Å². The van der Waals surface area contributed by atoms with Gasteiger partial charge in [-0.1, -0.05) is 77.1 Å². The van der Waals surface area contributed by atoms with E-state index < -0.39 is 6.04 Å². The number of para-hydroxylation sites is 2. The Morgan fingerprint density at radius 2 is 1.58 bits per heavy atom. The predicted octanol–water partition coefficient (Wildman–Crippen LogP) is 7.56. The lowest BCUT2D eigenvalue weighted by Crippen LogP contribution is -2.38. The zero-order valence-corrected chi connectivity index (χ0v) is 23.4. The van der Waals surface area contributed by atoms with E-state index in [9.17, 15) is 9.59 Å². The molecule has 198 valence electrons. The van der Waals surface area contributed by atoms with Crippen LogP contribution in [0, 0.1) is 6.92 Å². The van der Waals surface area contributed by atoms with E-state index in [4.69, 9.17) is 4.98 Å². The highest BCUT2D eigenvalue weighted by Crippen LogP contribution is 2.33. The zero-order chi connectivity index (χ0) is 27.6. The molecule has 0 bridgehead atoms. The van der Waals surface area contributed by atoms with Crippen LogP contribution in [0.3, 0.4) is 0 Å². The number of nitrogens with one attached hydrogen (secondary N) is 1. The van der Waals surface area contributed by atoms with E-state index in [0.717, 1.165) is 28.1 Å². The number of nitrogens with zero attached hydrogens (tertiary/aromatic N) is 3. The molecule has 0 spiro atoms. The Bertz CT molecular complexity index is 1490. The molecule has 1 N–H and O–H groups in total. The average molecular weight is 511 g/mol. The lowest BCUT2D eigenvalue weighted by Gasteiger charge is -2.30. The van der Waals surface area contributed by atoms with Crippen LogP contribution in [0.1, 0.15) is 81.4 Å². The van der Waals surface area contributed by atoms with E-state index >= 15 is 0 Å². The number of hydrogen-bond acceptors (Lipinski definition) is 3. The Kier molecular flexibility index (Phi) is 8.00. The molecular weight excluding hydrogens is 472 g/mol. The maximum atomic E-state index is 13.8. The van der Waals surface area contributed by atoms with E-state index in [-0.39, 0.29) is 23.4 Å². The molecule has 1 unspecified atom stereocenters. The van der Waals surface area contributed by atoms with Crippen molar-refractivity contribution < 1.29 is 4.79 Å². The summed E-state index contributed by atoms with van der Waals surface area (Å²) in [6, 6.07) is 20.7. The van der Waals surface area contributed by atoms with Crippen LogP contribution in [0.5, 0.6) is 0 Å². The summed E-state index contributed by atoms with van der Waals surface area (Å²) in [5.74, 6) is 1.05. The molecule has 4 aromatic rings. The molecule has 1 aromatic heterocycles. The number of amides is 2. The topological polar surface area (TPSA) is 67.2 Å². The van der Waals surface area contributed by atoms with Gasteiger partial charge in [0.25, 0.3) is 5.56 Å². The summed E-state index contributed by atoms with van der Waals surface area (Å²) in [7, 11) is 1.78. The van der Waals surface area contributed by atoms with E-state index in [1.165, 1.54) is 0 Å². The second-order valence-electron chi connectivity index (χ2n) is 10.6. The van der Waals surface area contributed by atoms with E-state index in [1.807, 2.05) is 56.3 Å². The number of carbonyl (C=O) groups excluding carboxylic acids is 1. The lowest BCUT2D eigenvalue weighted by atomic mass is 9.93. The zero-order valence-electron chi connectivity index (χ0n) is 23.4. The van der Waals surface area contributed by atoms with Gasteiger partial charge in [0.05, 0.1) is 22.6 Å². The number of anilines is 1. The first kappa shape index (κ1) is 27.1. The van der Waals surface area contributed by atoms with Gasteiger partial charge in [0, 0.05) is 12.7 Å². The maximum absolute atomic E-state index is 13.8. The normalized spacial score (nSPS) is 12.2. The van der Waals surface area contributed by atoms with Crippen LogP contribution in [0.15, 0.2) is 71.5 Å². The van der Waals surface area contributed by atoms with E-state index in [2.05, 4.69) is 51.2 Å². The summed E-state index contributed by atoms with van der Waals surface area (Å²) in [6.45, 7) is 12.5. The minimum atomic E-state index is -0.429. The van der Waals surface area contributed by atoms with Gasteiger partial charge >= 0.3 is 6.03 Å². The number of carbonyl (C=O) groups is 1. The first-order chi connectivity index (χ1) is 18.1. The summed E-state index contributed by atoms with van der Waals surface area (Å²) >= 11 is 0. The maximum Gasteiger partial charge on any atom is 0.322 e. The first-order valence-electron chi connectivity index (χ1n) is 13.4. The van der Waals surface area contributed by atoms with Crippen molar-refractivity contribution >= 4 is 22.6 Å². The van der Waals surface area contributed by atoms with Gasteiger partial charge in [-0.25, -0.2) is 9.78 Å². The van der Waals surface area contributed by atoms with Crippen molar-refractivity contribution in [2.75, 3.05) is 12.4 Å². The molecule has 2 amide bonds. The molecule has 0 saturated carbocycles. The van der Waals surface area contributed by atoms with Gasteiger partial charge in [-0.2, -0.15) is 0 Å². The molecule has 0 radical (unpaired) electrons. The number of hydrogen-bond donors (Lipinski definition) is 1. The Morgan fingerprint density at radius 3 is 2.18 bits per heavy atom. The minimum Gasteiger partial charge on any atom is -0.317 e. The second kappa shape index (κ2) is 11.2. The smallest absolute Gasteiger partial charge is 0.317 e. The average Bonchev–Trinajstić information content (AvgIpc) is 2.89. The molecule has 1 heterocycles. The van der Waals surface area contributed by atoms with Crippen LogP contribution in [-0.2, 0) is 0 Å². The molecule has 0 fully saturated rings. The van der Waals surface area contributed by atoms with Gasteiger partial charge in [-0.3, -0.25) is 9.36 Å². The highest BCUT2D eigenvalue weighted by Gasteiger charge is 2.28.